The molecule has 1 N–H and O–H groups in total. The minimum absolute atomic E-state index is 0.0877. The summed E-state index contributed by atoms with van der Waals surface area (Å²) in [6, 6.07) is 7.41. The summed E-state index contributed by atoms with van der Waals surface area (Å²) < 4.78 is 12.9. The Hall–Kier alpha value is -4.41. The number of carbonyl (C=O) groups excluding carboxylic acids is 1. The summed E-state index contributed by atoms with van der Waals surface area (Å²) in [6.07, 6.45) is 1.56. The third-order valence-electron chi connectivity index (χ3n) is 6.72. The first-order chi connectivity index (χ1) is 18.4. The van der Waals surface area contributed by atoms with Crippen LogP contribution in [0.5, 0.6) is 5.75 Å². The predicted octanol–water partition coefficient (Wildman–Crippen LogP) is 4.26. The molecule has 0 spiro atoms. The van der Waals surface area contributed by atoms with Crippen LogP contribution in [0.4, 0.5) is 10.5 Å². The lowest BCUT2D eigenvalue weighted by Crippen LogP contribution is -2.50. The van der Waals surface area contributed by atoms with Crippen LogP contribution in [-0.2, 0) is 11.8 Å². The van der Waals surface area contributed by atoms with Crippen LogP contribution in [0, 0.1) is 6.92 Å². The van der Waals surface area contributed by atoms with E-state index in [2.05, 4.69) is 15.0 Å². The Kier molecular flexibility index (Phi) is 6.53. The van der Waals surface area contributed by atoms with E-state index in [0.29, 0.717) is 48.4 Å². The molecule has 4 aromatic rings. The van der Waals surface area contributed by atoms with E-state index in [-0.39, 0.29) is 17.6 Å². The van der Waals surface area contributed by atoms with E-state index in [9.17, 15) is 14.7 Å². The molecular formula is C28H32N6O5. The fourth-order valence-corrected chi connectivity index (χ4v) is 4.93. The van der Waals surface area contributed by atoms with Gasteiger partial charge in [0, 0.05) is 61.4 Å². The number of anilines is 1. The van der Waals surface area contributed by atoms with Gasteiger partial charge in [-0.05, 0) is 52.0 Å². The van der Waals surface area contributed by atoms with Gasteiger partial charge in [-0.2, -0.15) is 5.10 Å². The van der Waals surface area contributed by atoms with Gasteiger partial charge in [-0.15, -0.1) is 0 Å². The van der Waals surface area contributed by atoms with Crippen molar-refractivity contribution in [1.29, 1.82) is 0 Å². The van der Waals surface area contributed by atoms with E-state index in [1.54, 1.807) is 22.8 Å². The SMILES string of the molecule is COc1c(-c2nc(C(=O)O)c3cc(N4CCN(C(=O)OC(C)(C)C)CC4)ccc3n2)cc2cn(C)nc2c1C. The van der Waals surface area contributed by atoms with E-state index in [1.165, 1.54) is 0 Å². The number of aromatic nitrogens is 4. The van der Waals surface area contributed by atoms with Crippen molar-refractivity contribution in [3.8, 4) is 17.1 Å². The Morgan fingerprint density at radius 2 is 1.77 bits per heavy atom. The van der Waals surface area contributed by atoms with Crippen LogP contribution in [0.15, 0.2) is 30.5 Å². The lowest BCUT2D eigenvalue weighted by atomic mass is 10.0. The van der Waals surface area contributed by atoms with Gasteiger partial charge in [-0.25, -0.2) is 19.6 Å². The highest BCUT2D eigenvalue weighted by atomic mass is 16.6. The van der Waals surface area contributed by atoms with Crippen LogP contribution in [0.3, 0.4) is 0 Å². The van der Waals surface area contributed by atoms with E-state index < -0.39 is 11.6 Å². The highest BCUT2D eigenvalue weighted by Gasteiger charge is 2.27. The van der Waals surface area contributed by atoms with E-state index in [0.717, 1.165) is 22.2 Å². The Morgan fingerprint density at radius 1 is 1.05 bits per heavy atom. The first-order valence-corrected chi connectivity index (χ1v) is 12.7. The lowest BCUT2D eigenvalue weighted by molar-refractivity contribution is 0.0240. The molecule has 204 valence electrons. The van der Waals surface area contributed by atoms with Crippen LogP contribution in [0.25, 0.3) is 33.2 Å². The van der Waals surface area contributed by atoms with Gasteiger partial charge in [0.2, 0.25) is 0 Å². The fraction of sp³-hybridized carbons (Fsp3) is 0.393. The third kappa shape index (κ3) is 5.04. The Morgan fingerprint density at radius 3 is 2.41 bits per heavy atom. The Bertz CT molecular complexity index is 1600. The first-order valence-electron chi connectivity index (χ1n) is 12.7. The van der Waals surface area contributed by atoms with Gasteiger partial charge in [0.25, 0.3) is 0 Å². The largest absolute Gasteiger partial charge is 0.496 e. The van der Waals surface area contributed by atoms with Crippen LogP contribution in [-0.4, -0.2) is 80.7 Å². The van der Waals surface area contributed by atoms with Gasteiger partial charge < -0.3 is 24.4 Å². The zero-order valence-corrected chi connectivity index (χ0v) is 23.0. The molecule has 0 radical (unpaired) electrons. The quantitative estimate of drug-likeness (QED) is 0.411. The average molecular weight is 533 g/mol. The van der Waals surface area contributed by atoms with Crippen molar-refractivity contribution in [2.24, 2.45) is 7.05 Å². The predicted molar refractivity (Wildman–Crippen MR) is 148 cm³/mol. The molecule has 11 heteroatoms. The van der Waals surface area contributed by atoms with Crippen molar-refractivity contribution in [3.05, 3.63) is 41.7 Å². The number of methoxy groups -OCH3 is 1. The normalized spacial score (nSPS) is 14.2. The standard InChI is InChI=1S/C28H32N6O5/c1-16-22-17(15-32(5)31-22)13-20(24(16)38-6)25-29-21-8-7-18(14-19(21)23(30-25)26(35)36)33-9-11-34(12-10-33)27(37)39-28(2,3)4/h7-8,13-15H,9-12H2,1-6H3,(H,35,36). The monoisotopic (exact) mass is 532 g/mol. The fourth-order valence-electron chi connectivity index (χ4n) is 4.93. The molecule has 1 aliphatic rings. The molecule has 5 rings (SSSR count). The summed E-state index contributed by atoms with van der Waals surface area (Å²) in [4.78, 5) is 37.8. The van der Waals surface area contributed by atoms with Gasteiger partial charge in [0.15, 0.2) is 11.5 Å². The number of fused-ring (bicyclic) bond motifs is 2. The molecule has 0 aliphatic carbocycles. The summed E-state index contributed by atoms with van der Waals surface area (Å²) in [7, 11) is 3.41. The number of carboxylic acid groups (broad SMARTS) is 1. The summed E-state index contributed by atoms with van der Waals surface area (Å²) in [6.45, 7) is 9.63. The van der Waals surface area contributed by atoms with Gasteiger partial charge in [0.1, 0.15) is 11.4 Å². The molecule has 2 aromatic carbocycles. The molecule has 0 saturated carbocycles. The molecule has 1 aliphatic heterocycles. The number of rotatable bonds is 4. The van der Waals surface area contributed by atoms with Gasteiger partial charge in [0.05, 0.1) is 23.7 Å². The number of carboxylic acids is 1. The topological polar surface area (TPSA) is 123 Å². The van der Waals surface area contributed by atoms with Crippen LogP contribution < -0.4 is 9.64 Å². The number of benzene rings is 2. The zero-order chi connectivity index (χ0) is 28.1. The Labute approximate surface area is 226 Å². The molecule has 3 heterocycles. The van der Waals surface area contributed by atoms with Crippen LogP contribution in [0.1, 0.15) is 36.8 Å². The van der Waals surface area contributed by atoms with Crippen molar-refractivity contribution < 1.29 is 24.2 Å². The molecule has 1 amide bonds. The minimum atomic E-state index is -1.14. The maximum atomic E-state index is 12.4. The van der Waals surface area contributed by atoms with Gasteiger partial charge in [-0.3, -0.25) is 4.68 Å². The van der Waals surface area contributed by atoms with Crippen molar-refractivity contribution in [2.45, 2.75) is 33.3 Å². The number of piperazine rings is 1. The number of carbonyl (C=O) groups is 2. The molecular weight excluding hydrogens is 500 g/mol. The second kappa shape index (κ2) is 9.72. The second-order valence-electron chi connectivity index (χ2n) is 10.7. The molecule has 39 heavy (non-hydrogen) atoms. The van der Waals surface area contributed by atoms with Gasteiger partial charge in [-0.1, -0.05) is 0 Å². The van der Waals surface area contributed by atoms with Crippen LogP contribution >= 0.6 is 0 Å². The number of nitrogens with zero attached hydrogens (tertiary/aromatic N) is 6. The number of ether oxygens (including phenoxy) is 2. The average Bonchev–Trinajstić information content (AvgIpc) is 3.27. The number of amides is 1. The molecule has 0 unspecified atom stereocenters. The lowest BCUT2D eigenvalue weighted by Gasteiger charge is -2.36. The van der Waals surface area contributed by atoms with E-state index >= 15 is 0 Å². The molecule has 0 atom stereocenters. The zero-order valence-electron chi connectivity index (χ0n) is 23.0. The molecule has 1 saturated heterocycles. The highest BCUT2D eigenvalue weighted by molar-refractivity contribution is 6.03. The number of aryl methyl sites for hydroxylation is 2. The summed E-state index contributed by atoms with van der Waals surface area (Å²) in [5.41, 5.74) is 2.94. The summed E-state index contributed by atoms with van der Waals surface area (Å²) in [5.74, 6) is -0.325. The van der Waals surface area contributed by atoms with Crippen molar-refractivity contribution in [3.63, 3.8) is 0 Å². The maximum absolute atomic E-state index is 12.4. The number of aromatic carboxylic acids is 1. The van der Waals surface area contributed by atoms with Crippen molar-refractivity contribution in [1.82, 2.24) is 24.6 Å². The summed E-state index contributed by atoms with van der Waals surface area (Å²) >= 11 is 0. The minimum Gasteiger partial charge on any atom is -0.496 e. The summed E-state index contributed by atoms with van der Waals surface area (Å²) in [5, 5.41) is 15.9. The third-order valence-corrected chi connectivity index (χ3v) is 6.72. The second-order valence-corrected chi connectivity index (χ2v) is 10.7. The Balaban J connectivity index is 1.49. The molecule has 2 aromatic heterocycles. The van der Waals surface area contributed by atoms with Crippen molar-refractivity contribution >= 4 is 39.6 Å². The molecule has 0 bridgehead atoms. The molecule has 1 fully saturated rings. The number of hydrogen-bond acceptors (Lipinski definition) is 8. The highest BCUT2D eigenvalue weighted by Crippen LogP contribution is 2.37. The first kappa shape index (κ1) is 26.2. The smallest absolute Gasteiger partial charge is 0.410 e. The van der Waals surface area contributed by atoms with E-state index in [4.69, 9.17) is 14.5 Å². The van der Waals surface area contributed by atoms with Gasteiger partial charge >= 0.3 is 12.1 Å². The van der Waals surface area contributed by atoms with E-state index in [1.807, 2.05) is 59.1 Å². The van der Waals surface area contributed by atoms with Crippen LogP contribution in [0.2, 0.25) is 0 Å². The number of hydrogen-bond donors (Lipinski definition) is 1. The molecule has 11 nitrogen and oxygen atoms in total. The van der Waals surface area contributed by atoms with Crippen molar-refractivity contribution in [2.75, 3.05) is 38.2 Å². The maximum Gasteiger partial charge on any atom is 0.410 e.